The lowest BCUT2D eigenvalue weighted by Crippen LogP contribution is -2.01. The number of ketones is 1. The minimum Gasteiger partial charge on any atom is -0.358 e. The predicted octanol–water partition coefficient (Wildman–Crippen LogP) is 3.23. The summed E-state index contributed by atoms with van der Waals surface area (Å²) in [5, 5.41) is 2.00. The van der Waals surface area contributed by atoms with Crippen molar-refractivity contribution in [1.82, 2.24) is 4.98 Å². The lowest BCUT2D eigenvalue weighted by atomic mass is 10.1. The number of rotatable bonds is 2. The monoisotopic (exact) mass is 219 g/mol. The van der Waals surface area contributed by atoms with Gasteiger partial charge in [0.05, 0.1) is 10.6 Å². The van der Waals surface area contributed by atoms with Gasteiger partial charge in [-0.1, -0.05) is 0 Å². The lowest BCUT2D eigenvalue weighted by molar-refractivity contribution is 0.103. The zero-order valence-electron chi connectivity index (χ0n) is 9.05. The molecule has 0 aromatic carbocycles. The molecule has 0 aliphatic rings. The molecule has 0 radical (unpaired) electrons. The molecule has 3 heteroatoms. The third-order valence-electron chi connectivity index (χ3n) is 2.58. The van der Waals surface area contributed by atoms with E-state index < -0.39 is 0 Å². The van der Waals surface area contributed by atoms with Crippen LogP contribution >= 0.6 is 11.3 Å². The first-order valence-corrected chi connectivity index (χ1v) is 5.72. The van der Waals surface area contributed by atoms with Crippen molar-refractivity contribution in [3.63, 3.8) is 0 Å². The third-order valence-corrected chi connectivity index (χ3v) is 3.63. The Morgan fingerprint density at radius 1 is 1.33 bits per heavy atom. The Morgan fingerprint density at radius 3 is 2.53 bits per heavy atom. The van der Waals surface area contributed by atoms with Gasteiger partial charge in [0.15, 0.2) is 0 Å². The molecule has 0 saturated carbocycles. The molecule has 0 fully saturated rings. The largest absolute Gasteiger partial charge is 0.358 e. The summed E-state index contributed by atoms with van der Waals surface area (Å²) in [6.45, 7) is 5.97. The molecule has 2 rings (SSSR count). The Balaban J connectivity index is 2.41. The number of carbonyl (C=O) groups is 1. The van der Waals surface area contributed by atoms with Crippen LogP contribution in [0.2, 0.25) is 0 Å². The number of nitrogens with one attached hydrogen (secondary N) is 1. The van der Waals surface area contributed by atoms with Crippen LogP contribution in [0.5, 0.6) is 0 Å². The van der Waals surface area contributed by atoms with Crippen molar-refractivity contribution in [3.05, 3.63) is 44.9 Å². The normalized spacial score (nSPS) is 10.6. The second-order valence-electron chi connectivity index (χ2n) is 3.79. The molecule has 0 bridgehead atoms. The lowest BCUT2D eigenvalue weighted by Gasteiger charge is -1.96. The summed E-state index contributed by atoms with van der Waals surface area (Å²) in [6.07, 6.45) is 1.88. The molecule has 0 saturated heterocycles. The van der Waals surface area contributed by atoms with Crippen LogP contribution in [0.1, 0.15) is 32.1 Å². The Morgan fingerprint density at radius 2 is 2.07 bits per heavy atom. The van der Waals surface area contributed by atoms with Gasteiger partial charge < -0.3 is 4.98 Å². The Bertz CT molecular complexity index is 507. The molecule has 2 aromatic rings. The number of hydrogen-bond acceptors (Lipinski definition) is 2. The van der Waals surface area contributed by atoms with E-state index >= 15 is 0 Å². The van der Waals surface area contributed by atoms with Crippen LogP contribution in [0, 0.1) is 20.8 Å². The quantitative estimate of drug-likeness (QED) is 0.773. The zero-order chi connectivity index (χ0) is 11.0. The number of aromatic nitrogens is 1. The summed E-state index contributed by atoms with van der Waals surface area (Å²) in [6, 6.07) is 1.93. The van der Waals surface area contributed by atoms with Gasteiger partial charge in [0.1, 0.15) is 0 Å². The Hall–Kier alpha value is -1.35. The van der Waals surface area contributed by atoms with Gasteiger partial charge in [-0.15, -0.1) is 11.3 Å². The van der Waals surface area contributed by atoms with Gasteiger partial charge in [0.2, 0.25) is 5.78 Å². The average molecular weight is 219 g/mol. The maximum Gasteiger partial charge on any atom is 0.219 e. The van der Waals surface area contributed by atoms with E-state index in [4.69, 9.17) is 0 Å². The SMILES string of the molecule is Cc1csc(C(=O)c2[nH]cc(C)c2C)c1. The molecular formula is C12H13NOS. The van der Waals surface area contributed by atoms with Crippen LogP contribution in [0.3, 0.4) is 0 Å². The van der Waals surface area contributed by atoms with E-state index in [1.165, 1.54) is 11.3 Å². The maximum atomic E-state index is 12.1. The number of H-pyrrole nitrogens is 1. The van der Waals surface area contributed by atoms with E-state index in [1.807, 2.05) is 38.4 Å². The predicted molar refractivity (Wildman–Crippen MR) is 62.8 cm³/mol. The number of aryl methyl sites for hydroxylation is 2. The molecule has 78 valence electrons. The smallest absolute Gasteiger partial charge is 0.219 e. The fourth-order valence-electron chi connectivity index (χ4n) is 1.50. The number of thiophene rings is 1. The highest BCUT2D eigenvalue weighted by molar-refractivity contribution is 7.12. The number of hydrogen-bond donors (Lipinski definition) is 1. The minimum atomic E-state index is 0.0960. The van der Waals surface area contributed by atoms with E-state index in [0.29, 0.717) is 5.69 Å². The Labute approximate surface area is 93.0 Å². The van der Waals surface area contributed by atoms with Crippen LogP contribution in [0.15, 0.2) is 17.6 Å². The highest BCUT2D eigenvalue weighted by atomic mass is 32.1. The van der Waals surface area contributed by atoms with Crippen LogP contribution < -0.4 is 0 Å². The second kappa shape index (κ2) is 3.66. The van der Waals surface area contributed by atoms with Gasteiger partial charge in [-0.25, -0.2) is 0 Å². The van der Waals surface area contributed by atoms with E-state index in [2.05, 4.69) is 4.98 Å². The first kappa shape index (κ1) is 10.2. The summed E-state index contributed by atoms with van der Waals surface area (Å²) in [4.78, 5) is 15.9. The first-order chi connectivity index (χ1) is 7.09. The molecule has 2 nitrogen and oxygen atoms in total. The topological polar surface area (TPSA) is 32.9 Å². The van der Waals surface area contributed by atoms with Crippen LogP contribution in [0.4, 0.5) is 0 Å². The van der Waals surface area contributed by atoms with E-state index in [1.54, 1.807) is 0 Å². The highest BCUT2D eigenvalue weighted by Gasteiger charge is 2.15. The molecule has 0 spiro atoms. The summed E-state index contributed by atoms with van der Waals surface area (Å²) in [5.74, 6) is 0.0960. The fraction of sp³-hybridized carbons (Fsp3) is 0.250. The van der Waals surface area contributed by atoms with Crippen molar-refractivity contribution in [2.45, 2.75) is 20.8 Å². The van der Waals surface area contributed by atoms with Crippen molar-refractivity contribution in [1.29, 1.82) is 0 Å². The molecule has 2 aromatic heterocycles. The highest BCUT2D eigenvalue weighted by Crippen LogP contribution is 2.20. The van der Waals surface area contributed by atoms with Crippen LogP contribution in [0.25, 0.3) is 0 Å². The van der Waals surface area contributed by atoms with Gasteiger partial charge in [0.25, 0.3) is 0 Å². The summed E-state index contributed by atoms with van der Waals surface area (Å²) in [5.41, 5.74) is 4.04. The maximum absolute atomic E-state index is 12.1. The van der Waals surface area contributed by atoms with Crippen LogP contribution in [-0.4, -0.2) is 10.8 Å². The molecule has 2 heterocycles. The standard InChI is InChI=1S/C12H13NOS/c1-7-4-10(15-6-7)12(14)11-9(3)8(2)5-13-11/h4-6,13H,1-3H3. The zero-order valence-corrected chi connectivity index (χ0v) is 9.87. The second-order valence-corrected chi connectivity index (χ2v) is 4.70. The fourth-order valence-corrected chi connectivity index (χ4v) is 2.35. The van der Waals surface area contributed by atoms with E-state index in [9.17, 15) is 4.79 Å². The average Bonchev–Trinajstić information content (AvgIpc) is 2.75. The van der Waals surface area contributed by atoms with Crippen molar-refractivity contribution >= 4 is 17.1 Å². The van der Waals surface area contributed by atoms with Crippen molar-refractivity contribution < 1.29 is 4.79 Å². The number of aromatic amines is 1. The van der Waals surface area contributed by atoms with Gasteiger partial charge in [-0.05, 0) is 48.9 Å². The van der Waals surface area contributed by atoms with E-state index in [0.717, 1.165) is 21.6 Å². The summed E-state index contributed by atoms with van der Waals surface area (Å²) >= 11 is 1.50. The summed E-state index contributed by atoms with van der Waals surface area (Å²) in [7, 11) is 0. The Kier molecular flexibility index (Phi) is 2.49. The molecule has 0 unspecified atom stereocenters. The van der Waals surface area contributed by atoms with Gasteiger partial charge in [-0.3, -0.25) is 4.79 Å². The summed E-state index contributed by atoms with van der Waals surface area (Å²) < 4.78 is 0. The van der Waals surface area contributed by atoms with E-state index in [-0.39, 0.29) is 5.78 Å². The van der Waals surface area contributed by atoms with Crippen LogP contribution in [-0.2, 0) is 0 Å². The van der Waals surface area contributed by atoms with Gasteiger partial charge in [0, 0.05) is 6.20 Å². The molecule has 0 atom stereocenters. The van der Waals surface area contributed by atoms with Crippen molar-refractivity contribution in [2.75, 3.05) is 0 Å². The number of carbonyl (C=O) groups excluding carboxylic acids is 1. The van der Waals surface area contributed by atoms with Gasteiger partial charge >= 0.3 is 0 Å². The molecule has 15 heavy (non-hydrogen) atoms. The molecule has 0 aliphatic carbocycles. The van der Waals surface area contributed by atoms with Crippen molar-refractivity contribution in [3.8, 4) is 0 Å². The molecule has 0 aliphatic heterocycles. The van der Waals surface area contributed by atoms with Crippen molar-refractivity contribution in [2.24, 2.45) is 0 Å². The molecule has 1 N–H and O–H groups in total. The minimum absolute atomic E-state index is 0.0960. The molecular weight excluding hydrogens is 206 g/mol. The van der Waals surface area contributed by atoms with Gasteiger partial charge in [-0.2, -0.15) is 0 Å². The third kappa shape index (κ3) is 1.75. The molecule has 0 amide bonds. The first-order valence-electron chi connectivity index (χ1n) is 4.84.